The topological polar surface area (TPSA) is 75.6 Å². The van der Waals surface area contributed by atoms with Crippen molar-refractivity contribution in [3.8, 4) is 5.75 Å². The zero-order valence-electron chi connectivity index (χ0n) is 12.3. The highest BCUT2D eigenvalue weighted by molar-refractivity contribution is 9.10. The molecule has 0 radical (unpaired) electrons. The molecule has 2 N–H and O–H groups in total. The maximum absolute atomic E-state index is 11.8. The Labute approximate surface area is 141 Å². The highest BCUT2D eigenvalue weighted by Gasteiger charge is 2.50. The zero-order chi connectivity index (χ0) is 16.4. The third kappa shape index (κ3) is 3.64. The first-order valence-electron chi connectivity index (χ1n) is 7.31. The molecule has 0 bridgehead atoms. The number of carboxylic acid groups (broad SMARTS) is 1. The van der Waals surface area contributed by atoms with Crippen LogP contribution in [0.4, 0.5) is 0 Å². The highest BCUT2D eigenvalue weighted by atomic mass is 79.9. The van der Waals surface area contributed by atoms with Crippen LogP contribution in [0.25, 0.3) is 10.8 Å². The molecule has 0 heterocycles. The summed E-state index contributed by atoms with van der Waals surface area (Å²) >= 11 is 3.42. The Bertz CT molecular complexity index is 770. The summed E-state index contributed by atoms with van der Waals surface area (Å²) in [6.45, 7) is 0.0357. The SMILES string of the molecule is O=C(COc1ccc2cc(Br)ccc2c1)NCC1(C(=O)O)CC1. The van der Waals surface area contributed by atoms with Crippen molar-refractivity contribution in [2.45, 2.75) is 12.8 Å². The van der Waals surface area contributed by atoms with Crippen LogP contribution >= 0.6 is 15.9 Å². The smallest absolute Gasteiger partial charge is 0.311 e. The first-order valence-corrected chi connectivity index (χ1v) is 8.10. The van der Waals surface area contributed by atoms with E-state index >= 15 is 0 Å². The van der Waals surface area contributed by atoms with E-state index in [1.807, 2.05) is 36.4 Å². The highest BCUT2D eigenvalue weighted by Crippen LogP contribution is 2.45. The Balaban J connectivity index is 1.54. The van der Waals surface area contributed by atoms with Crippen LogP contribution in [0.15, 0.2) is 40.9 Å². The summed E-state index contributed by atoms with van der Waals surface area (Å²) < 4.78 is 6.49. The van der Waals surface area contributed by atoms with Gasteiger partial charge in [0.05, 0.1) is 5.41 Å². The monoisotopic (exact) mass is 377 g/mol. The summed E-state index contributed by atoms with van der Waals surface area (Å²) in [6.07, 6.45) is 1.23. The largest absolute Gasteiger partial charge is 0.484 e. The molecule has 2 aromatic carbocycles. The van der Waals surface area contributed by atoms with Crippen LogP contribution in [-0.4, -0.2) is 30.1 Å². The Morgan fingerprint density at radius 2 is 1.87 bits per heavy atom. The van der Waals surface area contributed by atoms with Crippen molar-refractivity contribution in [3.63, 3.8) is 0 Å². The fourth-order valence-corrected chi connectivity index (χ4v) is 2.75. The van der Waals surface area contributed by atoms with Gasteiger partial charge in [0, 0.05) is 11.0 Å². The summed E-state index contributed by atoms with van der Waals surface area (Å²) in [5.41, 5.74) is -0.758. The summed E-state index contributed by atoms with van der Waals surface area (Å²) in [6, 6.07) is 11.5. The molecule has 1 aliphatic rings. The predicted molar refractivity (Wildman–Crippen MR) is 89.5 cm³/mol. The van der Waals surface area contributed by atoms with Crippen molar-refractivity contribution < 1.29 is 19.4 Å². The number of nitrogens with one attached hydrogen (secondary N) is 1. The van der Waals surface area contributed by atoms with Crippen LogP contribution in [0, 0.1) is 5.41 Å². The zero-order valence-corrected chi connectivity index (χ0v) is 13.9. The van der Waals surface area contributed by atoms with Gasteiger partial charge in [-0.1, -0.05) is 28.1 Å². The molecular weight excluding hydrogens is 362 g/mol. The van der Waals surface area contributed by atoms with Gasteiger partial charge in [-0.15, -0.1) is 0 Å². The number of carboxylic acids is 1. The van der Waals surface area contributed by atoms with Gasteiger partial charge in [0.2, 0.25) is 0 Å². The molecule has 2 aromatic rings. The lowest BCUT2D eigenvalue weighted by Gasteiger charge is -2.12. The number of amides is 1. The summed E-state index contributed by atoms with van der Waals surface area (Å²) in [7, 11) is 0. The van der Waals surface area contributed by atoms with E-state index in [4.69, 9.17) is 9.84 Å². The van der Waals surface area contributed by atoms with E-state index in [2.05, 4.69) is 21.2 Å². The molecule has 1 aliphatic carbocycles. The van der Waals surface area contributed by atoms with Crippen molar-refractivity contribution in [2.75, 3.05) is 13.2 Å². The molecule has 1 fully saturated rings. The van der Waals surface area contributed by atoms with Gasteiger partial charge in [0.1, 0.15) is 5.75 Å². The molecule has 120 valence electrons. The fourth-order valence-electron chi connectivity index (χ4n) is 2.37. The van der Waals surface area contributed by atoms with Crippen molar-refractivity contribution in [1.82, 2.24) is 5.32 Å². The van der Waals surface area contributed by atoms with Crippen molar-refractivity contribution in [3.05, 3.63) is 40.9 Å². The predicted octanol–water partition coefficient (Wildman–Crippen LogP) is 2.96. The van der Waals surface area contributed by atoms with E-state index in [-0.39, 0.29) is 19.1 Å². The average Bonchev–Trinajstić information content (AvgIpc) is 3.32. The Kier molecular flexibility index (Phi) is 4.26. The van der Waals surface area contributed by atoms with Crippen molar-refractivity contribution >= 4 is 38.6 Å². The minimum atomic E-state index is -0.848. The molecule has 0 spiro atoms. The van der Waals surface area contributed by atoms with E-state index in [0.717, 1.165) is 15.2 Å². The molecule has 3 rings (SSSR count). The first-order chi connectivity index (χ1) is 11.0. The molecule has 23 heavy (non-hydrogen) atoms. The Morgan fingerprint density at radius 3 is 2.57 bits per heavy atom. The fraction of sp³-hybridized carbons (Fsp3) is 0.294. The van der Waals surface area contributed by atoms with Crippen LogP contribution < -0.4 is 10.1 Å². The lowest BCUT2D eigenvalue weighted by atomic mass is 10.1. The number of hydrogen-bond acceptors (Lipinski definition) is 3. The number of carbonyl (C=O) groups is 2. The number of benzene rings is 2. The Hall–Kier alpha value is -2.08. The number of halogens is 1. The Morgan fingerprint density at radius 1 is 1.17 bits per heavy atom. The average molecular weight is 378 g/mol. The van der Waals surface area contributed by atoms with Gasteiger partial charge < -0.3 is 15.2 Å². The second-order valence-corrected chi connectivity index (χ2v) is 6.72. The normalized spacial score (nSPS) is 15.2. The minimum Gasteiger partial charge on any atom is -0.484 e. The molecule has 6 heteroatoms. The third-order valence-electron chi connectivity index (χ3n) is 4.07. The summed E-state index contributed by atoms with van der Waals surface area (Å²) in [4.78, 5) is 22.8. The lowest BCUT2D eigenvalue weighted by Crippen LogP contribution is -2.36. The van der Waals surface area contributed by atoms with E-state index in [1.54, 1.807) is 0 Å². The van der Waals surface area contributed by atoms with Crippen LogP contribution in [0.1, 0.15) is 12.8 Å². The van der Waals surface area contributed by atoms with Gasteiger partial charge in [-0.05, 0) is 47.9 Å². The molecule has 1 saturated carbocycles. The van der Waals surface area contributed by atoms with Gasteiger partial charge in [-0.3, -0.25) is 9.59 Å². The molecule has 0 aromatic heterocycles. The molecule has 0 aliphatic heterocycles. The van der Waals surface area contributed by atoms with E-state index in [9.17, 15) is 9.59 Å². The number of carbonyl (C=O) groups excluding carboxylic acids is 1. The van der Waals surface area contributed by atoms with Crippen LogP contribution in [0.2, 0.25) is 0 Å². The summed E-state index contributed by atoms with van der Waals surface area (Å²) in [5, 5.41) is 13.8. The maximum Gasteiger partial charge on any atom is 0.311 e. The van der Waals surface area contributed by atoms with Crippen LogP contribution in [0.3, 0.4) is 0 Å². The van der Waals surface area contributed by atoms with E-state index in [1.165, 1.54) is 0 Å². The van der Waals surface area contributed by atoms with Gasteiger partial charge in [-0.25, -0.2) is 0 Å². The molecule has 0 saturated heterocycles. The summed E-state index contributed by atoms with van der Waals surface area (Å²) in [5.74, 6) is -0.554. The maximum atomic E-state index is 11.8. The van der Waals surface area contributed by atoms with E-state index < -0.39 is 11.4 Å². The van der Waals surface area contributed by atoms with Crippen molar-refractivity contribution in [2.24, 2.45) is 5.41 Å². The molecule has 0 atom stereocenters. The number of ether oxygens (including phenoxy) is 1. The number of hydrogen-bond donors (Lipinski definition) is 2. The lowest BCUT2D eigenvalue weighted by molar-refractivity contribution is -0.143. The number of rotatable bonds is 6. The molecule has 1 amide bonds. The van der Waals surface area contributed by atoms with Gasteiger partial charge >= 0.3 is 5.97 Å². The quantitative estimate of drug-likeness (QED) is 0.811. The van der Waals surface area contributed by atoms with Crippen LogP contribution in [-0.2, 0) is 9.59 Å². The van der Waals surface area contributed by atoms with Gasteiger partial charge in [0.25, 0.3) is 5.91 Å². The molecule has 5 nitrogen and oxygen atoms in total. The standard InChI is InChI=1S/C17H16BrNO4/c18-13-3-1-12-8-14(4-2-11(12)7-13)23-9-15(20)19-10-17(5-6-17)16(21)22/h1-4,7-8H,5-6,9-10H2,(H,19,20)(H,21,22). The molecule has 0 unspecified atom stereocenters. The number of fused-ring (bicyclic) bond motifs is 1. The second-order valence-electron chi connectivity index (χ2n) is 5.80. The van der Waals surface area contributed by atoms with Gasteiger partial charge in [-0.2, -0.15) is 0 Å². The van der Waals surface area contributed by atoms with Crippen LogP contribution in [0.5, 0.6) is 5.75 Å². The minimum absolute atomic E-state index is 0.127. The second kappa shape index (κ2) is 6.20. The first kappa shape index (κ1) is 15.8. The number of aliphatic carboxylic acids is 1. The third-order valence-corrected chi connectivity index (χ3v) is 4.57. The molecular formula is C17H16BrNO4. The van der Waals surface area contributed by atoms with E-state index in [0.29, 0.717) is 18.6 Å². The van der Waals surface area contributed by atoms with Crippen molar-refractivity contribution in [1.29, 1.82) is 0 Å². The van der Waals surface area contributed by atoms with Gasteiger partial charge in [0.15, 0.2) is 6.61 Å².